The van der Waals surface area contributed by atoms with Crippen molar-refractivity contribution in [2.45, 2.75) is 13.2 Å². The van der Waals surface area contributed by atoms with Crippen LogP contribution in [0.15, 0.2) is 40.8 Å². The minimum absolute atomic E-state index is 0.0259. The minimum Gasteiger partial charge on any atom is -0.392 e. The number of thiazole rings is 1. The lowest BCUT2D eigenvalue weighted by Gasteiger charge is -2.35. The molecule has 0 aliphatic carbocycles. The van der Waals surface area contributed by atoms with Gasteiger partial charge in [0.15, 0.2) is 11.1 Å². The van der Waals surface area contributed by atoms with Crippen LogP contribution >= 0.6 is 11.3 Å². The largest absolute Gasteiger partial charge is 0.392 e. The fraction of sp³-hybridized carbons (Fsp3) is 0.375. The van der Waals surface area contributed by atoms with E-state index in [1.54, 1.807) is 11.3 Å². The number of hydrogen-bond acceptors (Lipinski definition) is 5. The summed E-state index contributed by atoms with van der Waals surface area (Å²) in [4.78, 5) is 13.2. The van der Waals surface area contributed by atoms with E-state index in [-0.39, 0.29) is 6.61 Å². The van der Waals surface area contributed by atoms with Gasteiger partial charge in [-0.2, -0.15) is 0 Å². The fourth-order valence-electron chi connectivity index (χ4n) is 2.63. The third-order valence-corrected chi connectivity index (χ3v) is 4.83. The smallest absolute Gasteiger partial charge is 0.191 e. The maximum absolute atomic E-state index is 9.35. The highest BCUT2D eigenvalue weighted by molar-refractivity contribution is 7.13. The summed E-state index contributed by atoms with van der Waals surface area (Å²) < 4.78 is 0. The van der Waals surface area contributed by atoms with E-state index in [1.807, 2.05) is 35.8 Å². The van der Waals surface area contributed by atoms with Crippen molar-refractivity contribution in [3.63, 3.8) is 0 Å². The van der Waals surface area contributed by atoms with Crippen LogP contribution in [-0.2, 0) is 13.2 Å². The Morgan fingerprint density at radius 2 is 1.96 bits per heavy atom. The molecule has 1 fully saturated rings. The molecule has 2 aromatic rings. The molecular formula is C16H21N5OS. The van der Waals surface area contributed by atoms with Gasteiger partial charge < -0.3 is 20.6 Å². The van der Waals surface area contributed by atoms with Crippen molar-refractivity contribution in [3.8, 4) is 0 Å². The van der Waals surface area contributed by atoms with Gasteiger partial charge >= 0.3 is 0 Å². The Hall–Kier alpha value is -2.12. The van der Waals surface area contributed by atoms with Gasteiger partial charge in [-0.15, -0.1) is 11.3 Å². The Morgan fingerprint density at radius 3 is 2.61 bits per heavy atom. The number of aliphatic hydroxyl groups excluding tert-OH is 1. The number of guanidine groups is 1. The normalized spacial score (nSPS) is 16.0. The lowest BCUT2D eigenvalue weighted by atomic mass is 10.1. The van der Waals surface area contributed by atoms with E-state index < -0.39 is 0 Å². The van der Waals surface area contributed by atoms with Gasteiger partial charge in [0.1, 0.15) is 0 Å². The van der Waals surface area contributed by atoms with Crippen LogP contribution in [0.25, 0.3) is 0 Å². The summed E-state index contributed by atoms with van der Waals surface area (Å²) in [5, 5.41) is 12.4. The summed E-state index contributed by atoms with van der Waals surface area (Å²) in [6.45, 7) is 4.01. The number of aromatic nitrogens is 1. The molecule has 1 aromatic heterocycles. The molecule has 1 saturated heterocycles. The van der Waals surface area contributed by atoms with Crippen LogP contribution in [0.1, 0.15) is 11.1 Å². The quantitative estimate of drug-likeness (QED) is 0.652. The number of aliphatic imine (C=N–C) groups is 1. The van der Waals surface area contributed by atoms with E-state index in [9.17, 15) is 5.11 Å². The Bertz CT molecular complexity index is 650. The summed E-state index contributed by atoms with van der Waals surface area (Å²) in [6, 6.07) is 7.75. The highest BCUT2D eigenvalue weighted by Crippen LogP contribution is 2.18. The molecule has 2 heterocycles. The van der Waals surface area contributed by atoms with E-state index in [0.717, 1.165) is 42.4 Å². The van der Waals surface area contributed by atoms with E-state index in [4.69, 9.17) is 5.73 Å². The summed E-state index contributed by atoms with van der Waals surface area (Å²) in [7, 11) is 0. The van der Waals surface area contributed by atoms with Crippen LogP contribution in [0.2, 0.25) is 0 Å². The first-order valence-corrected chi connectivity index (χ1v) is 8.53. The summed E-state index contributed by atoms with van der Waals surface area (Å²) in [5.74, 6) is 0.566. The van der Waals surface area contributed by atoms with Crippen molar-refractivity contribution in [2.75, 3.05) is 31.1 Å². The van der Waals surface area contributed by atoms with Gasteiger partial charge in [0.25, 0.3) is 0 Å². The number of nitrogens with two attached hydrogens (primary N) is 1. The average molecular weight is 331 g/mol. The number of rotatable bonds is 4. The monoisotopic (exact) mass is 331 g/mol. The average Bonchev–Trinajstić information content (AvgIpc) is 3.14. The van der Waals surface area contributed by atoms with Crippen molar-refractivity contribution in [1.82, 2.24) is 9.88 Å². The molecule has 3 N–H and O–H groups in total. The summed E-state index contributed by atoms with van der Waals surface area (Å²) >= 11 is 1.66. The van der Waals surface area contributed by atoms with Crippen molar-refractivity contribution in [3.05, 3.63) is 47.0 Å². The Kier molecular flexibility index (Phi) is 5.09. The first kappa shape index (κ1) is 15.8. The van der Waals surface area contributed by atoms with E-state index in [2.05, 4.69) is 19.8 Å². The van der Waals surface area contributed by atoms with Crippen LogP contribution in [0.3, 0.4) is 0 Å². The molecule has 122 valence electrons. The number of hydrogen-bond donors (Lipinski definition) is 2. The molecule has 0 atom stereocenters. The highest BCUT2D eigenvalue weighted by Gasteiger charge is 2.19. The molecular weight excluding hydrogens is 310 g/mol. The molecule has 0 unspecified atom stereocenters. The Morgan fingerprint density at radius 1 is 1.22 bits per heavy atom. The molecule has 0 amide bonds. The molecule has 6 nitrogen and oxygen atoms in total. The van der Waals surface area contributed by atoms with E-state index in [0.29, 0.717) is 12.5 Å². The van der Waals surface area contributed by atoms with Crippen molar-refractivity contribution in [1.29, 1.82) is 0 Å². The van der Waals surface area contributed by atoms with Gasteiger partial charge in [-0.25, -0.2) is 9.98 Å². The predicted octanol–water partition coefficient (Wildman–Crippen LogP) is 1.27. The fourth-order valence-corrected chi connectivity index (χ4v) is 3.33. The summed E-state index contributed by atoms with van der Waals surface area (Å²) in [6.07, 6.45) is 1.83. The highest BCUT2D eigenvalue weighted by atomic mass is 32.1. The third kappa shape index (κ3) is 3.80. The Balaban J connectivity index is 1.57. The molecule has 7 heteroatoms. The lowest BCUT2D eigenvalue weighted by Crippen LogP contribution is -2.51. The molecule has 0 saturated carbocycles. The van der Waals surface area contributed by atoms with E-state index in [1.165, 1.54) is 0 Å². The van der Waals surface area contributed by atoms with Gasteiger partial charge in [0.2, 0.25) is 0 Å². The van der Waals surface area contributed by atoms with Crippen LogP contribution in [0.4, 0.5) is 5.13 Å². The van der Waals surface area contributed by atoms with E-state index >= 15 is 0 Å². The second-order valence-corrected chi connectivity index (χ2v) is 6.26. The molecule has 0 radical (unpaired) electrons. The number of benzene rings is 1. The topological polar surface area (TPSA) is 78.0 Å². The molecule has 1 aromatic carbocycles. The molecule has 1 aliphatic rings. The minimum atomic E-state index is 0.0259. The second-order valence-electron chi connectivity index (χ2n) is 5.39. The predicted molar refractivity (Wildman–Crippen MR) is 93.6 cm³/mol. The number of aliphatic hydroxyl groups is 1. The molecule has 0 bridgehead atoms. The first-order chi connectivity index (χ1) is 11.3. The van der Waals surface area contributed by atoms with Crippen LogP contribution < -0.4 is 10.6 Å². The second kappa shape index (κ2) is 7.43. The molecule has 23 heavy (non-hydrogen) atoms. The zero-order chi connectivity index (χ0) is 16.1. The van der Waals surface area contributed by atoms with Gasteiger partial charge in [0.05, 0.1) is 13.2 Å². The number of nitrogens with zero attached hydrogens (tertiary/aromatic N) is 4. The standard InChI is InChI=1S/C16H21N5OS/c17-15(19-11-13-3-1-2-4-14(13)12-22)20-6-8-21(9-7-20)16-18-5-10-23-16/h1-5,10,22H,6-9,11-12H2,(H2,17,19). The number of anilines is 1. The van der Waals surface area contributed by atoms with Crippen LogP contribution in [-0.4, -0.2) is 47.1 Å². The molecule has 1 aliphatic heterocycles. The first-order valence-electron chi connectivity index (χ1n) is 7.65. The Labute approximate surface area is 139 Å². The van der Waals surface area contributed by atoms with Gasteiger partial charge in [-0.05, 0) is 11.1 Å². The van der Waals surface area contributed by atoms with Gasteiger partial charge in [-0.3, -0.25) is 0 Å². The van der Waals surface area contributed by atoms with Crippen LogP contribution in [0, 0.1) is 0 Å². The molecule has 3 rings (SSSR count). The van der Waals surface area contributed by atoms with Crippen molar-refractivity contribution >= 4 is 22.4 Å². The van der Waals surface area contributed by atoms with Crippen molar-refractivity contribution < 1.29 is 5.11 Å². The van der Waals surface area contributed by atoms with Crippen molar-refractivity contribution in [2.24, 2.45) is 10.7 Å². The SMILES string of the molecule is NC(=NCc1ccccc1CO)N1CCN(c2nccs2)CC1. The third-order valence-electron chi connectivity index (χ3n) is 3.99. The van der Waals surface area contributed by atoms with Gasteiger partial charge in [0, 0.05) is 37.8 Å². The lowest BCUT2D eigenvalue weighted by molar-refractivity contribution is 0.280. The zero-order valence-corrected chi connectivity index (χ0v) is 13.7. The maximum atomic E-state index is 9.35. The van der Waals surface area contributed by atoms with Gasteiger partial charge in [-0.1, -0.05) is 24.3 Å². The molecule has 0 spiro atoms. The summed E-state index contributed by atoms with van der Waals surface area (Å²) in [5.41, 5.74) is 8.05. The maximum Gasteiger partial charge on any atom is 0.191 e. The number of piperazine rings is 1. The zero-order valence-electron chi connectivity index (χ0n) is 12.9. The van der Waals surface area contributed by atoms with Crippen LogP contribution in [0.5, 0.6) is 0 Å².